The number of hydrogen-bond donors (Lipinski definition) is 0. The SMILES string of the molecule is COCCn1c(COc2ccccc2-c2ccccc2)nnc1SC(C)C(=O)N1CCCC(C)C1. The zero-order valence-electron chi connectivity index (χ0n) is 20.7. The first-order chi connectivity index (χ1) is 17.1. The number of methoxy groups -OCH3 is 1. The van der Waals surface area contributed by atoms with Gasteiger partial charge in [0.05, 0.1) is 11.9 Å². The van der Waals surface area contributed by atoms with Gasteiger partial charge in [0.25, 0.3) is 0 Å². The van der Waals surface area contributed by atoms with Gasteiger partial charge in [-0.1, -0.05) is 67.2 Å². The summed E-state index contributed by atoms with van der Waals surface area (Å²) in [7, 11) is 1.67. The van der Waals surface area contributed by atoms with E-state index in [0.717, 1.165) is 36.4 Å². The fraction of sp³-hybridized carbons (Fsp3) is 0.444. The second kappa shape index (κ2) is 12.2. The zero-order chi connectivity index (χ0) is 24.6. The topological polar surface area (TPSA) is 69.5 Å². The average molecular weight is 495 g/mol. The first-order valence-electron chi connectivity index (χ1n) is 12.2. The molecule has 2 aromatic carbocycles. The summed E-state index contributed by atoms with van der Waals surface area (Å²) in [6.45, 7) is 7.21. The van der Waals surface area contributed by atoms with E-state index in [4.69, 9.17) is 9.47 Å². The number of piperidine rings is 1. The molecule has 2 atom stereocenters. The summed E-state index contributed by atoms with van der Waals surface area (Å²) in [4.78, 5) is 15.1. The molecule has 1 fully saturated rings. The second-order valence-electron chi connectivity index (χ2n) is 8.99. The summed E-state index contributed by atoms with van der Waals surface area (Å²) >= 11 is 1.45. The minimum atomic E-state index is -0.238. The van der Waals surface area contributed by atoms with E-state index in [2.05, 4.69) is 35.3 Å². The van der Waals surface area contributed by atoms with E-state index in [1.54, 1.807) is 7.11 Å². The summed E-state index contributed by atoms with van der Waals surface area (Å²) in [5.41, 5.74) is 2.13. The molecular formula is C27H34N4O3S. The molecule has 0 aliphatic carbocycles. The Morgan fingerprint density at radius 1 is 1.14 bits per heavy atom. The van der Waals surface area contributed by atoms with Crippen LogP contribution in [0.5, 0.6) is 5.75 Å². The van der Waals surface area contributed by atoms with Crippen LogP contribution in [0.3, 0.4) is 0 Å². The van der Waals surface area contributed by atoms with Crippen molar-refractivity contribution < 1.29 is 14.3 Å². The molecule has 1 aliphatic heterocycles. The van der Waals surface area contributed by atoms with Crippen molar-refractivity contribution in [1.82, 2.24) is 19.7 Å². The smallest absolute Gasteiger partial charge is 0.235 e. The van der Waals surface area contributed by atoms with Crippen molar-refractivity contribution in [2.24, 2.45) is 5.92 Å². The Hall–Kier alpha value is -2.84. The molecule has 3 aromatic rings. The van der Waals surface area contributed by atoms with Crippen LogP contribution < -0.4 is 4.74 Å². The highest BCUT2D eigenvalue weighted by Crippen LogP contribution is 2.31. The molecule has 0 bridgehead atoms. The van der Waals surface area contributed by atoms with Gasteiger partial charge in [0, 0.05) is 32.3 Å². The molecule has 1 aliphatic rings. The van der Waals surface area contributed by atoms with Crippen molar-refractivity contribution in [3.8, 4) is 16.9 Å². The number of aromatic nitrogens is 3. The van der Waals surface area contributed by atoms with Crippen LogP contribution in [-0.4, -0.2) is 57.6 Å². The van der Waals surface area contributed by atoms with E-state index >= 15 is 0 Å². The molecule has 7 nitrogen and oxygen atoms in total. The standard InChI is InChI=1S/C27H34N4O3S/c1-20-10-9-15-30(18-20)26(32)21(2)35-27-29-28-25(31(27)16-17-33-3)19-34-24-14-8-7-13-23(24)22-11-5-4-6-12-22/h4-8,11-14,20-21H,9-10,15-19H2,1-3H3. The van der Waals surface area contributed by atoms with Crippen LogP contribution in [0.4, 0.5) is 0 Å². The minimum absolute atomic E-state index is 0.164. The maximum atomic E-state index is 13.1. The lowest BCUT2D eigenvalue weighted by Gasteiger charge is -2.32. The number of carbonyl (C=O) groups excluding carboxylic acids is 1. The fourth-order valence-corrected chi connectivity index (χ4v) is 5.34. The lowest BCUT2D eigenvalue weighted by molar-refractivity contribution is -0.132. The highest BCUT2D eigenvalue weighted by atomic mass is 32.2. The maximum absolute atomic E-state index is 13.1. The van der Waals surface area contributed by atoms with E-state index in [1.165, 1.54) is 18.2 Å². The second-order valence-corrected chi connectivity index (χ2v) is 10.3. The third-order valence-electron chi connectivity index (χ3n) is 6.24. The molecule has 8 heteroatoms. The lowest BCUT2D eigenvalue weighted by atomic mass is 10.0. The van der Waals surface area contributed by atoms with Crippen LogP contribution >= 0.6 is 11.8 Å². The molecule has 4 rings (SSSR count). The molecule has 1 saturated heterocycles. The largest absolute Gasteiger partial charge is 0.485 e. The molecule has 2 heterocycles. The Morgan fingerprint density at radius 2 is 1.91 bits per heavy atom. The van der Waals surface area contributed by atoms with Gasteiger partial charge in [-0.3, -0.25) is 4.79 Å². The molecule has 0 N–H and O–H groups in total. The van der Waals surface area contributed by atoms with E-state index in [-0.39, 0.29) is 17.8 Å². The molecular weight excluding hydrogens is 460 g/mol. The van der Waals surface area contributed by atoms with Gasteiger partial charge >= 0.3 is 0 Å². The van der Waals surface area contributed by atoms with Gasteiger partial charge in [0.15, 0.2) is 11.0 Å². The number of ether oxygens (including phenoxy) is 2. The zero-order valence-corrected chi connectivity index (χ0v) is 21.5. The van der Waals surface area contributed by atoms with Gasteiger partial charge in [-0.2, -0.15) is 0 Å². The Bertz CT molecular complexity index is 1100. The molecule has 186 valence electrons. The highest BCUT2D eigenvalue weighted by molar-refractivity contribution is 8.00. The number of nitrogens with zero attached hydrogens (tertiary/aromatic N) is 4. The predicted molar refractivity (Wildman–Crippen MR) is 138 cm³/mol. The number of carbonyl (C=O) groups is 1. The quantitative estimate of drug-likeness (QED) is 0.373. The van der Waals surface area contributed by atoms with Gasteiger partial charge < -0.3 is 18.9 Å². The lowest BCUT2D eigenvalue weighted by Crippen LogP contribution is -2.42. The Morgan fingerprint density at radius 3 is 2.69 bits per heavy atom. The number of para-hydroxylation sites is 1. The summed E-state index contributed by atoms with van der Waals surface area (Å²) in [5.74, 6) is 2.21. The van der Waals surface area contributed by atoms with Crippen molar-refractivity contribution in [1.29, 1.82) is 0 Å². The summed E-state index contributed by atoms with van der Waals surface area (Å²) < 4.78 is 13.5. The van der Waals surface area contributed by atoms with Crippen LogP contribution in [0.2, 0.25) is 0 Å². The predicted octanol–water partition coefficient (Wildman–Crippen LogP) is 4.91. The van der Waals surface area contributed by atoms with Crippen LogP contribution in [0, 0.1) is 5.92 Å². The minimum Gasteiger partial charge on any atom is -0.485 e. The molecule has 1 aromatic heterocycles. The third kappa shape index (κ3) is 6.44. The molecule has 0 saturated carbocycles. The number of hydrogen-bond acceptors (Lipinski definition) is 6. The number of thioether (sulfide) groups is 1. The van der Waals surface area contributed by atoms with E-state index in [1.807, 2.05) is 52.8 Å². The maximum Gasteiger partial charge on any atom is 0.235 e. The Kier molecular flexibility index (Phi) is 8.82. The number of likely N-dealkylation sites (tertiary alicyclic amines) is 1. The van der Waals surface area contributed by atoms with Gasteiger partial charge in [0.1, 0.15) is 12.4 Å². The molecule has 35 heavy (non-hydrogen) atoms. The first kappa shape index (κ1) is 25.3. The van der Waals surface area contributed by atoms with Gasteiger partial charge in [-0.05, 0) is 37.3 Å². The Balaban J connectivity index is 1.48. The van der Waals surface area contributed by atoms with Gasteiger partial charge in [-0.15, -0.1) is 10.2 Å². The summed E-state index contributed by atoms with van der Waals surface area (Å²) in [6, 6.07) is 18.2. The molecule has 2 unspecified atom stereocenters. The molecule has 1 amide bonds. The van der Waals surface area contributed by atoms with Crippen molar-refractivity contribution in [2.75, 3.05) is 26.8 Å². The third-order valence-corrected chi connectivity index (χ3v) is 7.31. The van der Waals surface area contributed by atoms with Crippen molar-refractivity contribution in [3.63, 3.8) is 0 Å². The van der Waals surface area contributed by atoms with Crippen LogP contribution in [-0.2, 0) is 22.7 Å². The van der Waals surface area contributed by atoms with Crippen molar-refractivity contribution in [2.45, 2.75) is 50.2 Å². The highest BCUT2D eigenvalue weighted by Gasteiger charge is 2.27. The number of benzene rings is 2. The van der Waals surface area contributed by atoms with Crippen LogP contribution in [0.15, 0.2) is 59.8 Å². The summed E-state index contributed by atoms with van der Waals surface area (Å²) in [6.07, 6.45) is 2.26. The summed E-state index contributed by atoms with van der Waals surface area (Å²) in [5, 5.41) is 9.30. The molecule has 0 spiro atoms. The Labute approximate surface area is 211 Å². The normalized spacial score (nSPS) is 16.8. The van der Waals surface area contributed by atoms with Crippen LogP contribution in [0.1, 0.15) is 32.5 Å². The van der Waals surface area contributed by atoms with E-state index < -0.39 is 0 Å². The fourth-order valence-electron chi connectivity index (χ4n) is 4.37. The van der Waals surface area contributed by atoms with E-state index in [9.17, 15) is 4.79 Å². The monoisotopic (exact) mass is 494 g/mol. The van der Waals surface area contributed by atoms with Crippen molar-refractivity contribution in [3.05, 3.63) is 60.4 Å². The number of rotatable bonds is 10. The average Bonchev–Trinajstić information content (AvgIpc) is 3.27. The van der Waals surface area contributed by atoms with Crippen LogP contribution in [0.25, 0.3) is 11.1 Å². The van der Waals surface area contributed by atoms with Crippen molar-refractivity contribution >= 4 is 17.7 Å². The van der Waals surface area contributed by atoms with Gasteiger partial charge in [0.2, 0.25) is 5.91 Å². The number of amides is 1. The first-order valence-corrected chi connectivity index (χ1v) is 13.1. The van der Waals surface area contributed by atoms with Gasteiger partial charge in [-0.25, -0.2) is 0 Å². The van der Waals surface area contributed by atoms with E-state index in [0.29, 0.717) is 30.1 Å². The molecule has 0 radical (unpaired) electrons.